The average Bonchev–Trinajstić information content (AvgIpc) is 2.54. The minimum absolute atomic E-state index is 0.0785. The van der Waals surface area contributed by atoms with Gasteiger partial charge in [-0.25, -0.2) is 0 Å². The standard InChI is InChI=1S/C17H10ClF6NO3/c18-13-3-1-2-11(12(13)7-14(26)27)15(28)25-10-5-8(16(19,20)21)4-9(6-10)17(22,23)24/h1-6H,7H2,(H,25,28)(H,26,27). The molecule has 4 nitrogen and oxygen atoms in total. The summed E-state index contributed by atoms with van der Waals surface area (Å²) in [4.78, 5) is 23.3. The third kappa shape index (κ3) is 5.16. The van der Waals surface area contributed by atoms with Gasteiger partial charge in [0, 0.05) is 16.3 Å². The molecule has 0 heterocycles. The molecular weight excluding hydrogens is 416 g/mol. The number of hydrogen-bond donors (Lipinski definition) is 2. The number of nitrogens with one attached hydrogen (secondary N) is 1. The van der Waals surface area contributed by atoms with Gasteiger partial charge in [-0.3, -0.25) is 9.59 Å². The molecule has 0 saturated carbocycles. The molecule has 0 aliphatic heterocycles. The Morgan fingerprint density at radius 1 is 0.964 bits per heavy atom. The molecule has 11 heteroatoms. The predicted molar refractivity (Wildman–Crippen MR) is 87.2 cm³/mol. The second-order valence-corrected chi connectivity index (χ2v) is 5.99. The van der Waals surface area contributed by atoms with Crippen LogP contribution in [0, 0.1) is 0 Å². The highest BCUT2D eigenvalue weighted by atomic mass is 35.5. The molecule has 0 fully saturated rings. The number of hydrogen-bond acceptors (Lipinski definition) is 2. The van der Waals surface area contributed by atoms with Crippen molar-refractivity contribution in [2.45, 2.75) is 18.8 Å². The summed E-state index contributed by atoms with van der Waals surface area (Å²) in [5.41, 5.74) is -4.38. The van der Waals surface area contributed by atoms with Crippen molar-refractivity contribution < 1.29 is 41.0 Å². The summed E-state index contributed by atoms with van der Waals surface area (Å²) < 4.78 is 77.4. The molecule has 1 amide bonds. The Labute approximate surface area is 158 Å². The summed E-state index contributed by atoms with van der Waals surface area (Å²) in [6, 6.07) is 4.34. The van der Waals surface area contributed by atoms with Crippen LogP contribution >= 0.6 is 11.6 Å². The molecule has 0 saturated heterocycles. The van der Waals surface area contributed by atoms with Crippen LogP contribution in [-0.4, -0.2) is 17.0 Å². The van der Waals surface area contributed by atoms with Crippen LogP contribution in [0.3, 0.4) is 0 Å². The van der Waals surface area contributed by atoms with Crippen LogP contribution in [0.2, 0.25) is 5.02 Å². The van der Waals surface area contributed by atoms with E-state index in [2.05, 4.69) is 0 Å². The Kier molecular flexibility index (Phi) is 5.93. The Bertz CT molecular complexity index is 892. The third-order valence-corrected chi connectivity index (χ3v) is 3.89. The van der Waals surface area contributed by atoms with E-state index in [1.807, 2.05) is 5.32 Å². The topological polar surface area (TPSA) is 66.4 Å². The minimum Gasteiger partial charge on any atom is -0.481 e. The van der Waals surface area contributed by atoms with Gasteiger partial charge in [-0.1, -0.05) is 17.7 Å². The van der Waals surface area contributed by atoms with Crippen LogP contribution in [0.1, 0.15) is 27.0 Å². The van der Waals surface area contributed by atoms with Crippen LogP contribution in [0.5, 0.6) is 0 Å². The van der Waals surface area contributed by atoms with Gasteiger partial charge in [0.1, 0.15) is 0 Å². The van der Waals surface area contributed by atoms with Crippen molar-refractivity contribution >= 4 is 29.2 Å². The van der Waals surface area contributed by atoms with Gasteiger partial charge < -0.3 is 10.4 Å². The van der Waals surface area contributed by atoms with Crippen LogP contribution < -0.4 is 5.32 Å². The van der Waals surface area contributed by atoms with Gasteiger partial charge in [-0.2, -0.15) is 26.3 Å². The largest absolute Gasteiger partial charge is 0.481 e. The van der Waals surface area contributed by atoms with Crippen LogP contribution in [-0.2, 0) is 23.6 Å². The molecule has 0 radical (unpaired) electrons. The zero-order chi connectivity index (χ0) is 21.3. The molecule has 2 rings (SSSR count). The monoisotopic (exact) mass is 425 g/mol. The lowest BCUT2D eigenvalue weighted by atomic mass is 10.0. The summed E-state index contributed by atoms with van der Waals surface area (Å²) in [6.45, 7) is 0. The predicted octanol–water partition coefficient (Wildman–Crippen LogP) is 5.26. The number of carboxylic acid groups (broad SMARTS) is 1. The van der Waals surface area contributed by atoms with Crippen LogP contribution in [0.15, 0.2) is 36.4 Å². The molecule has 0 atom stereocenters. The Morgan fingerprint density at radius 3 is 1.96 bits per heavy atom. The maximum absolute atomic E-state index is 12.9. The lowest BCUT2D eigenvalue weighted by molar-refractivity contribution is -0.143. The first-order chi connectivity index (χ1) is 12.8. The lowest BCUT2D eigenvalue weighted by Gasteiger charge is -2.15. The van der Waals surface area contributed by atoms with E-state index in [9.17, 15) is 35.9 Å². The van der Waals surface area contributed by atoms with E-state index in [0.717, 1.165) is 6.07 Å². The number of alkyl halides is 6. The summed E-state index contributed by atoms with van der Waals surface area (Å²) in [5.74, 6) is -2.44. The van der Waals surface area contributed by atoms with Gasteiger partial charge in [0.15, 0.2) is 0 Å². The van der Waals surface area contributed by atoms with E-state index in [1.54, 1.807) is 0 Å². The number of anilines is 1. The van der Waals surface area contributed by atoms with E-state index in [4.69, 9.17) is 16.7 Å². The van der Waals surface area contributed by atoms with Gasteiger partial charge in [0.25, 0.3) is 5.91 Å². The van der Waals surface area contributed by atoms with Crippen molar-refractivity contribution in [1.82, 2.24) is 0 Å². The molecule has 0 bridgehead atoms. The molecule has 2 aromatic rings. The number of carbonyl (C=O) groups excluding carboxylic acids is 1. The Hall–Kier alpha value is -2.75. The quantitative estimate of drug-likeness (QED) is 0.657. The van der Waals surface area contributed by atoms with Gasteiger partial charge in [0.2, 0.25) is 0 Å². The first kappa shape index (κ1) is 21.5. The van der Waals surface area contributed by atoms with Gasteiger partial charge in [0.05, 0.1) is 17.5 Å². The molecule has 0 aliphatic carbocycles. The van der Waals surface area contributed by atoms with E-state index >= 15 is 0 Å². The van der Waals surface area contributed by atoms with Gasteiger partial charge in [-0.15, -0.1) is 0 Å². The number of carbonyl (C=O) groups is 2. The Morgan fingerprint density at radius 2 is 1.50 bits per heavy atom. The highest BCUT2D eigenvalue weighted by Crippen LogP contribution is 2.37. The fraction of sp³-hybridized carbons (Fsp3) is 0.176. The highest BCUT2D eigenvalue weighted by Gasteiger charge is 2.37. The number of carboxylic acids is 1. The van der Waals surface area contributed by atoms with E-state index in [-0.39, 0.29) is 22.2 Å². The maximum atomic E-state index is 12.9. The molecule has 2 aromatic carbocycles. The minimum atomic E-state index is -5.08. The first-order valence-corrected chi connectivity index (χ1v) is 7.77. The molecule has 150 valence electrons. The normalized spacial score (nSPS) is 12.0. The van der Waals surface area contributed by atoms with Crippen LogP contribution in [0.25, 0.3) is 0 Å². The summed E-state index contributed by atoms with van der Waals surface area (Å²) in [5, 5.41) is 10.7. The highest BCUT2D eigenvalue weighted by molar-refractivity contribution is 6.32. The second kappa shape index (κ2) is 7.70. The van der Waals surface area contributed by atoms with E-state index in [0.29, 0.717) is 12.1 Å². The molecule has 0 unspecified atom stereocenters. The first-order valence-electron chi connectivity index (χ1n) is 7.39. The molecule has 0 aromatic heterocycles. The molecule has 28 heavy (non-hydrogen) atoms. The van der Waals surface area contributed by atoms with Crippen molar-refractivity contribution in [3.63, 3.8) is 0 Å². The third-order valence-electron chi connectivity index (χ3n) is 3.54. The number of halogens is 7. The maximum Gasteiger partial charge on any atom is 0.416 e. The van der Waals surface area contributed by atoms with Crippen LogP contribution in [0.4, 0.5) is 32.0 Å². The van der Waals surface area contributed by atoms with E-state index in [1.165, 1.54) is 12.1 Å². The molecule has 0 aliphatic rings. The number of amides is 1. The van der Waals surface area contributed by atoms with Crippen molar-refractivity contribution in [3.05, 3.63) is 63.7 Å². The van der Waals surface area contributed by atoms with Crippen molar-refractivity contribution in [2.75, 3.05) is 5.32 Å². The van der Waals surface area contributed by atoms with Gasteiger partial charge >= 0.3 is 18.3 Å². The second-order valence-electron chi connectivity index (χ2n) is 5.59. The lowest BCUT2D eigenvalue weighted by Crippen LogP contribution is -2.18. The Balaban J connectivity index is 2.47. The molecule has 2 N–H and O–H groups in total. The fourth-order valence-electron chi connectivity index (χ4n) is 2.33. The summed E-state index contributed by atoms with van der Waals surface area (Å²) >= 11 is 5.85. The fourth-order valence-corrected chi connectivity index (χ4v) is 2.57. The van der Waals surface area contributed by atoms with E-state index < -0.39 is 47.5 Å². The molecule has 0 spiro atoms. The number of benzene rings is 2. The van der Waals surface area contributed by atoms with Crippen molar-refractivity contribution in [1.29, 1.82) is 0 Å². The number of rotatable bonds is 4. The zero-order valence-electron chi connectivity index (χ0n) is 13.6. The van der Waals surface area contributed by atoms with Crippen molar-refractivity contribution in [2.24, 2.45) is 0 Å². The summed E-state index contributed by atoms with van der Waals surface area (Å²) in [7, 11) is 0. The number of aliphatic carboxylic acids is 1. The summed E-state index contributed by atoms with van der Waals surface area (Å²) in [6.07, 6.45) is -10.8. The zero-order valence-corrected chi connectivity index (χ0v) is 14.3. The van der Waals surface area contributed by atoms with Gasteiger partial charge in [-0.05, 0) is 35.9 Å². The average molecular weight is 426 g/mol. The van der Waals surface area contributed by atoms with Crippen molar-refractivity contribution in [3.8, 4) is 0 Å². The smallest absolute Gasteiger partial charge is 0.416 e. The molecular formula is C17H10ClF6NO3. The SMILES string of the molecule is O=C(O)Cc1c(Cl)cccc1C(=O)Nc1cc(C(F)(F)F)cc(C(F)(F)F)c1.